The highest BCUT2D eigenvalue weighted by molar-refractivity contribution is 5.98. The van der Waals surface area contributed by atoms with E-state index in [-0.39, 0.29) is 13.1 Å². The minimum Gasteiger partial charge on any atom is -0.481 e. The number of amides is 5. The van der Waals surface area contributed by atoms with Gasteiger partial charge in [0.2, 0.25) is 0 Å². The van der Waals surface area contributed by atoms with E-state index in [4.69, 9.17) is 0 Å². The van der Waals surface area contributed by atoms with Crippen molar-refractivity contribution >= 4 is 35.3 Å². The summed E-state index contributed by atoms with van der Waals surface area (Å²) < 4.78 is 13.5. The van der Waals surface area contributed by atoms with E-state index in [1.54, 1.807) is 30.3 Å². The number of aryl methyl sites for hydroxylation is 2. The first-order valence-electron chi connectivity index (χ1n) is 12.7. The normalized spacial score (nSPS) is 15.3. The molecule has 1 saturated heterocycles. The zero-order chi connectivity index (χ0) is 28.8. The molecule has 1 aliphatic rings. The number of hydrogen-bond acceptors (Lipinski definition) is 4. The number of benzene rings is 3. The maximum absolute atomic E-state index is 13.7. The molecule has 3 aromatic carbocycles. The van der Waals surface area contributed by atoms with Gasteiger partial charge in [-0.25, -0.2) is 14.0 Å². The highest BCUT2D eigenvalue weighted by Gasteiger charge is 2.43. The largest absolute Gasteiger partial charge is 0.481 e. The van der Waals surface area contributed by atoms with Gasteiger partial charge in [-0.3, -0.25) is 19.4 Å². The Labute approximate surface area is 230 Å². The molecule has 208 valence electrons. The molecule has 4 rings (SSSR count). The lowest BCUT2D eigenvalue weighted by Crippen LogP contribution is -2.56. The molecule has 0 spiro atoms. The van der Waals surface area contributed by atoms with Crippen molar-refractivity contribution < 1.29 is 28.7 Å². The number of nitrogens with zero attached hydrogens (tertiary/aromatic N) is 2. The van der Waals surface area contributed by atoms with Crippen molar-refractivity contribution in [2.24, 2.45) is 0 Å². The van der Waals surface area contributed by atoms with Gasteiger partial charge in [0, 0.05) is 24.5 Å². The molecule has 3 aromatic rings. The fraction of sp³-hybridized carbons (Fsp3) is 0.241. The lowest BCUT2D eigenvalue weighted by molar-refractivity contribution is -0.138. The van der Waals surface area contributed by atoms with Gasteiger partial charge in [0.05, 0.1) is 12.5 Å². The van der Waals surface area contributed by atoms with Gasteiger partial charge in [0.1, 0.15) is 5.82 Å². The van der Waals surface area contributed by atoms with E-state index in [2.05, 4.69) is 16.0 Å². The number of carbonyl (C=O) groups excluding carboxylic acids is 3. The van der Waals surface area contributed by atoms with Gasteiger partial charge in [0.25, 0.3) is 5.91 Å². The van der Waals surface area contributed by atoms with Crippen LogP contribution in [0.4, 0.5) is 25.4 Å². The third-order valence-corrected chi connectivity index (χ3v) is 6.47. The van der Waals surface area contributed by atoms with Crippen LogP contribution in [0.25, 0.3) is 0 Å². The quantitative estimate of drug-likeness (QED) is 0.346. The summed E-state index contributed by atoms with van der Waals surface area (Å²) in [5, 5.41) is 17.6. The monoisotopic (exact) mass is 547 g/mol. The van der Waals surface area contributed by atoms with Gasteiger partial charge in [-0.2, -0.15) is 0 Å². The summed E-state index contributed by atoms with van der Waals surface area (Å²) in [6.45, 7) is 3.89. The summed E-state index contributed by atoms with van der Waals surface area (Å²) in [7, 11) is 0. The van der Waals surface area contributed by atoms with Crippen molar-refractivity contribution in [3.8, 4) is 0 Å². The van der Waals surface area contributed by atoms with Crippen LogP contribution >= 0.6 is 0 Å². The van der Waals surface area contributed by atoms with Gasteiger partial charge >= 0.3 is 18.0 Å². The molecule has 4 N–H and O–H groups in total. The number of carbonyl (C=O) groups is 4. The van der Waals surface area contributed by atoms with Crippen molar-refractivity contribution in [2.75, 3.05) is 23.7 Å². The van der Waals surface area contributed by atoms with Gasteiger partial charge in [-0.05, 0) is 61.4 Å². The van der Waals surface area contributed by atoms with Gasteiger partial charge < -0.3 is 21.1 Å². The molecule has 0 saturated carbocycles. The van der Waals surface area contributed by atoms with Crippen LogP contribution in [0.15, 0.2) is 72.8 Å². The van der Waals surface area contributed by atoms with Crippen molar-refractivity contribution in [2.45, 2.75) is 32.5 Å². The number of aliphatic carboxylic acids is 1. The summed E-state index contributed by atoms with van der Waals surface area (Å²) >= 11 is 0. The Morgan fingerprint density at radius 3 is 2.02 bits per heavy atom. The molecule has 5 amide bonds. The molecule has 0 aliphatic carbocycles. The van der Waals surface area contributed by atoms with Crippen molar-refractivity contribution in [1.29, 1.82) is 0 Å². The third-order valence-electron chi connectivity index (χ3n) is 6.47. The standard InChI is InChI=1S/C29H30FN5O5/c1-18-6-12-22(13-7-18)31-28(39)34-14-15-35(29(40)32-23-5-3-4-19(2)16-23)27(34)26(38)33-24(17-25(36)37)20-8-10-21(30)11-9-20/h3-13,16,24,27H,14-15,17H2,1-2H3,(H,31,39)(H,32,40)(H,33,38)(H,36,37). The Balaban J connectivity index is 1.60. The second kappa shape index (κ2) is 12.3. The molecule has 11 heteroatoms. The van der Waals surface area contributed by atoms with Crippen molar-refractivity contribution in [3.63, 3.8) is 0 Å². The Kier molecular flexibility index (Phi) is 8.63. The molecule has 40 heavy (non-hydrogen) atoms. The number of anilines is 2. The summed E-state index contributed by atoms with van der Waals surface area (Å²) in [5.74, 6) is -2.46. The molecule has 0 radical (unpaired) electrons. The number of nitrogens with one attached hydrogen (secondary N) is 3. The van der Waals surface area contributed by atoms with Crippen LogP contribution in [-0.4, -0.2) is 58.1 Å². The predicted octanol–water partition coefficient (Wildman–Crippen LogP) is 4.48. The van der Waals surface area contributed by atoms with E-state index >= 15 is 0 Å². The van der Waals surface area contributed by atoms with Crippen molar-refractivity contribution in [1.82, 2.24) is 15.1 Å². The highest BCUT2D eigenvalue weighted by Crippen LogP contribution is 2.23. The fourth-order valence-electron chi connectivity index (χ4n) is 4.46. The van der Waals surface area contributed by atoms with E-state index in [0.717, 1.165) is 23.3 Å². The van der Waals surface area contributed by atoms with Crippen LogP contribution in [0.2, 0.25) is 0 Å². The highest BCUT2D eigenvalue weighted by atomic mass is 19.1. The number of carboxylic acids is 1. The van der Waals surface area contributed by atoms with Crippen LogP contribution in [0.3, 0.4) is 0 Å². The third kappa shape index (κ3) is 6.93. The van der Waals surface area contributed by atoms with Crippen LogP contribution in [-0.2, 0) is 9.59 Å². The van der Waals surface area contributed by atoms with Crippen LogP contribution < -0.4 is 16.0 Å². The van der Waals surface area contributed by atoms with Crippen LogP contribution in [0, 0.1) is 19.7 Å². The number of carboxylic acid groups (broad SMARTS) is 1. The molecule has 1 fully saturated rings. The zero-order valence-electron chi connectivity index (χ0n) is 22.1. The SMILES string of the molecule is Cc1ccc(NC(=O)N2CCN(C(=O)Nc3cccc(C)c3)C2C(=O)NC(CC(=O)O)c2ccc(F)cc2)cc1. The average molecular weight is 548 g/mol. The predicted molar refractivity (Wildman–Crippen MR) is 147 cm³/mol. The molecule has 1 heterocycles. The van der Waals surface area contributed by atoms with E-state index in [1.165, 1.54) is 21.9 Å². The molecule has 10 nitrogen and oxygen atoms in total. The van der Waals surface area contributed by atoms with Gasteiger partial charge in [-0.15, -0.1) is 0 Å². The molecule has 1 aliphatic heterocycles. The number of hydrogen-bond donors (Lipinski definition) is 4. The van der Waals surface area contributed by atoms with E-state index < -0.39 is 48.4 Å². The number of urea groups is 2. The van der Waals surface area contributed by atoms with E-state index in [0.29, 0.717) is 16.9 Å². The first kappa shape index (κ1) is 28.1. The molecule has 0 bridgehead atoms. The lowest BCUT2D eigenvalue weighted by atomic mass is 10.0. The molecule has 2 atom stereocenters. The maximum atomic E-state index is 13.7. The average Bonchev–Trinajstić information content (AvgIpc) is 3.36. The molecule has 0 aromatic heterocycles. The number of halogens is 1. The maximum Gasteiger partial charge on any atom is 0.323 e. The second-order valence-electron chi connectivity index (χ2n) is 9.57. The summed E-state index contributed by atoms with van der Waals surface area (Å²) in [4.78, 5) is 54.3. The summed E-state index contributed by atoms with van der Waals surface area (Å²) in [6.07, 6.45) is -1.87. The first-order valence-corrected chi connectivity index (χ1v) is 12.7. The van der Waals surface area contributed by atoms with E-state index in [9.17, 15) is 28.7 Å². The topological polar surface area (TPSA) is 131 Å². The van der Waals surface area contributed by atoms with Crippen molar-refractivity contribution in [3.05, 3.63) is 95.3 Å². The first-order chi connectivity index (χ1) is 19.1. The van der Waals surface area contributed by atoms with E-state index in [1.807, 2.05) is 32.0 Å². The Morgan fingerprint density at radius 1 is 0.850 bits per heavy atom. The fourth-order valence-corrected chi connectivity index (χ4v) is 4.46. The van der Waals surface area contributed by atoms with Gasteiger partial charge in [0.15, 0.2) is 6.17 Å². The minimum atomic E-state index is -1.38. The van der Waals surface area contributed by atoms with Gasteiger partial charge in [-0.1, -0.05) is 42.0 Å². The molecular weight excluding hydrogens is 517 g/mol. The Morgan fingerprint density at radius 2 is 1.45 bits per heavy atom. The Hall–Kier alpha value is -4.93. The Bertz CT molecular complexity index is 1400. The number of rotatable bonds is 7. The molecule has 2 unspecified atom stereocenters. The van der Waals surface area contributed by atoms with Crippen LogP contribution in [0.1, 0.15) is 29.2 Å². The summed E-state index contributed by atoms with van der Waals surface area (Å²) in [6, 6.07) is 17.0. The second-order valence-corrected chi connectivity index (χ2v) is 9.57. The summed E-state index contributed by atoms with van der Waals surface area (Å²) in [5.41, 5.74) is 3.31. The van der Waals surface area contributed by atoms with Crippen LogP contribution in [0.5, 0.6) is 0 Å². The smallest absolute Gasteiger partial charge is 0.323 e. The zero-order valence-corrected chi connectivity index (χ0v) is 22.1. The lowest BCUT2D eigenvalue weighted by Gasteiger charge is -2.31. The minimum absolute atomic E-state index is 0.0527. The molecular formula is C29H30FN5O5.